The highest BCUT2D eigenvalue weighted by Crippen LogP contribution is 2.28. The molecule has 0 bridgehead atoms. The molecule has 8 heteroatoms. The molecule has 0 saturated carbocycles. The van der Waals surface area contributed by atoms with Crippen LogP contribution in [-0.4, -0.2) is 46.4 Å². The number of nitrogens with zero attached hydrogens (tertiary/aromatic N) is 2. The van der Waals surface area contributed by atoms with Crippen LogP contribution in [0.4, 0.5) is 13.2 Å². The summed E-state index contributed by atoms with van der Waals surface area (Å²) in [5, 5.41) is 0. The van der Waals surface area contributed by atoms with Gasteiger partial charge in [-0.1, -0.05) is 30.3 Å². The van der Waals surface area contributed by atoms with Crippen molar-refractivity contribution in [1.82, 2.24) is 14.8 Å². The van der Waals surface area contributed by atoms with E-state index in [9.17, 15) is 22.8 Å². The van der Waals surface area contributed by atoms with Crippen LogP contribution in [0.3, 0.4) is 0 Å². The molecule has 1 aromatic carbocycles. The number of alkyl halides is 3. The molecule has 1 aliphatic rings. The summed E-state index contributed by atoms with van der Waals surface area (Å²) in [7, 11) is 0. The second-order valence-electron chi connectivity index (χ2n) is 7.05. The van der Waals surface area contributed by atoms with Crippen LogP contribution >= 0.6 is 0 Å². The number of nitrogens with one attached hydrogen (secondary N) is 1. The zero-order valence-corrected chi connectivity index (χ0v) is 15.5. The number of hydrogen-bond acceptors (Lipinski definition) is 3. The SMILES string of the molecule is CC1CN(Cc2ccccc2)CCCN1C(=O)c1cc(C(F)(F)F)c[nH]c1=O. The van der Waals surface area contributed by atoms with Crippen molar-refractivity contribution in [3.8, 4) is 0 Å². The molecule has 1 unspecified atom stereocenters. The molecule has 2 aromatic rings. The monoisotopic (exact) mass is 393 g/mol. The van der Waals surface area contributed by atoms with Crippen molar-refractivity contribution in [3.63, 3.8) is 0 Å². The highest BCUT2D eigenvalue weighted by molar-refractivity contribution is 5.94. The maximum Gasteiger partial charge on any atom is 0.417 e. The van der Waals surface area contributed by atoms with Crippen LogP contribution in [0.5, 0.6) is 0 Å². The standard InChI is InChI=1S/C20H22F3N3O2/c1-14-12-25(13-15-6-3-2-4-7-15)8-5-9-26(14)19(28)17-10-16(20(21,22)23)11-24-18(17)27/h2-4,6-7,10-11,14H,5,8-9,12-13H2,1H3,(H,24,27). The zero-order chi connectivity index (χ0) is 20.3. The fraction of sp³-hybridized carbons (Fsp3) is 0.400. The van der Waals surface area contributed by atoms with E-state index in [1.54, 1.807) is 0 Å². The number of carbonyl (C=O) groups excluding carboxylic acids is 1. The van der Waals surface area contributed by atoms with Crippen LogP contribution in [0.25, 0.3) is 0 Å². The molecule has 1 aliphatic heterocycles. The van der Waals surface area contributed by atoms with Gasteiger partial charge in [0.1, 0.15) is 5.56 Å². The summed E-state index contributed by atoms with van der Waals surface area (Å²) in [6.07, 6.45) is -3.36. The first kappa shape index (κ1) is 20.1. The summed E-state index contributed by atoms with van der Waals surface area (Å²) in [5.74, 6) is -0.665. The second-order valence-corrected chi connectivity index (χ2v) is 7.05. The van der Waals surface area contributed by atoms with Gasteiger partial charge >= 0.3 is 6.18 Å². The Hall–Kier alpha value is -2.61. The molecule has 28 heavy (non-hydrogen) atoms. The third-order valence-electron chi connectivity index (χ3n) is 4.90. The van der Waals surface area contributed by atoms with Crippen molar-refractivity contribution in [2.45, 2.75) is 32.1 Å². The lowest BCUT2D eigenvalue weighted by Gasteiger charge is -2.29. The van der Waals surface area contributed by atoms with Crippen molar-refractivity contribution >= 4 is 5.91 Å². The first-order valence-corrected chi connectivity index (χ1v) is 9.13. The Balaban J connectivity index is 1.77. The smallest absolute Gasteiger partial charge is 0.334 e. The largest absolute Gasteiger partial charge is 0.417 e. The van der Waals surface area contributed by atoms with E-state index in [1.165, 1.54) is 4.90 Å². The lowest BCUT2D eigenvalue weighted by molar-refractivity contribution is -0.137. The van der Waals surface area contributed by atoms with Gasteiger partial charge in [-0.3, -0.25) is 14.5 Å². The van der Waals surface area contributed by atoms with E-state index < -0.39 is 28.8 Å². The fourth-order valence-electron chi connectivity index (χ4n) is 3.50. The number of rotatable bonds is 3. The van der Waals surface area contributed by atoms with Crippen LogP contribution in [-0.2, 0) is 12.7 Å². The van der Waals surface area contributed by atoms with Crippen LogP contribution in [0.1, 0.15) is 34.8 Å². The Labute approximate surface area is 160 Å². The van der Waals surface area contributed by atoms with Gasteiger partial charge in [0.15, 0.2) is 0 Å². The lowest BCUT2D eigenvalue weighted by Crippen LogP contribution is -2.44. The van der Waals surface area contributed by atoms with Gasteiger partial charge in [-0.15, -0.1) is 0 Å². The Kier molecular flexibility index (Phi) is 5.88. The van der Waals surface area contributed by atoms with Crippen LogP contribution in [0.2, 0.25) is 0 Å². The molecule has 0 radical (unpaired) electrons. The Morgan fingerprint density at radius 2 is 1.93 bits per heavy atom. The fourth-order valence-corrected chi connectivity index (χ4v) is 3.50. The average Bonchev–Trinajstić information content (AvgIpc) is 2.82. The molecule has 0 spiro atoms. The van der Waals surface area contributed by atoms with Gasteiger partial charge in [0, 0.05) is 38.4 Å². The molecule has 3 rings (SSSR count). The van der Waals surface area contributed by atoms with Gasteiger partial charge in [0.05, 0.1) is 5.56 Å². The summed E-state index contributed by atoms with van der Waals surface area (Å²) < 4.78 is 38.9. The minimum absolute atomic E-state index is 0.229. The maximum absolute atomic E-state index is 13.0. The molecule has 1 aromatic heterocycles. The van der Waals surface area contributed by atoms with Crippen LogP contribution < -0.4 is 5.56 Å². The van der Waals surface area contributed by atoms with E-state index in [2.05, 4.69) is 4.90 Å². The number of aromatic nitrogens is 1. The number of aromatic amines is 1. The Morgan fingerprint density at radius 1 is 1.21 bits per heavy atom. The number of H-pyrrole nitrogens is 1. The molecule has 1 N–H and O–H groups in total. The summed E-state index contributed by atoms with van der Waals surface area (Å²) >= 11 is 0. The van der Waals surface area contributed by atoms with Crippen molar-refractivity contribution in [2.24, 2.45) is 0 Å². The number of halogens is 3. The molecule has 1 amide bonds. The highest BCUT2D eigenvalue weighted by atomic mass is 19.4. The van der Waals surface area contributed by atoms with Gasteiger partial charge in [0.2, 0.25) is 0 Å². The Bertz CT molecular complexity index is 880. The van der Waals surface area contributed by atoms with Crippen LogP contribution in [0.15, 0.2) is 47.4 Å². The van der Waals surface area contributed by atoms with Gasteiger partial charge in [-0.05, 0) is 25.0 Å². The van der Waals surface area contributed by atoms with Crippen molar-refractivity contribution in [1.29, 1.82) is 0 Å². The third kappa shape index (κ3) is 4.62. The molecular formula is C20H22F3N3O2. The van der Waals surface area contributed by atoms with E-state index in [0.29, 0.717) is 31.8 Å². The summed E-state index contributed by atoms with van der Waals surface area (Å²) in [6.45, 7) is 4.32. The van der Waals surface area contributed by atoms with Gasteiger partial charge < -0.3 is 9.88 Å². The lowest BCUT2D eigenvalue weighted by atomic mass is 10.1. The van der Waals surface area contributed by atoms with Crippen LogP contribution in [0, 0.1) is 0 Å². The molecule has 150 valence electrons. The van der Waals surface area contributed by atoms with Crippen molar-refractivity contribution in [2.75, 3.05) is 19.6 Å². The average molecular weight is 393 g/mol. The quantitative estimate of drug-likeness (QED) is 0.872. The number of carbonyl (C=O) groups is 1. The molecule has 0 aliphatic carbocycles. The number of amides is 1. The van der Waals surface area contributed by atoms with E-state index in [0.717, 1.165) is 18.7 Å². The minimum Gasteiger partial charge on any atom is -0.334 e. The van der Waals surface area contributed by atoms with E-state index in [4.69, 9.17) is 0 Å². The van der Waals surface area contributed by atoms with Gasteiger partial charge in [0.25, 0.3) is 11.5 Å². The molecule has 1 fully saturated rings. The predicted octanol–water partition coefficient (Wildman–Crippen LogP) is 3.13. The summed E-state index contributed by atoms with van der Waals surface area (Å²) in [6, 6.07) is 10.3. The van der Waals surface area contributed by atoms with Gasteiger partial charge in [-0.2, -0.15) is 13.2 Å². The van der Waals surface area contributed by atoms with Gasteiger partial charge in [-0.25, -0.2) is 0 Å². The van der Waals surface area contributed by atoms with E-state index >= 15 is 0 Å². The van der Waals surface area contributed by atoms with E-state index in [-0.39, 0.29) is 6.04 Å². The predicted molar refractivity (Wildman–Crippen MR) is 98.9 cm³/mol. The second kappa shape index (κ2) is 8.18. The topological polar surface area (TPSA) is 56.4 Å². The molecule has 2 heterocycles. The summed E-state index contributed by atoms with van der Waals surface area (Å²) in [4.78, 5) is 30.6. The number of benzene rings is 1. The van der Waals surface area contributed by atoms with E-state index in [1.807, 2.05) is 42.2 Å². The number of hydrogen-bond donors (Lipinski definition) is 1. The Morgan fingerprint density at radius 3 is 2.61 bits per heavy atom. The molecule has 5 nitrogen and oxygen atoms in total. The molecular weight excluding hydrogens is 371 g/mol. The maximum atomic E-state index is 13.0. The first-order chi connectivity index (χ1) is 13.3. The minimum atomic E-state index is -4.63. The third-order valence-corrected chi connectivity index (χ3v) is 4.90. The van der Waals surface area contributed by atoms with Crippen molar-refractivity contribution < 1.29 is 18.0 Å². The number of pyridine rings is 1. The molecule has 1 saturated heterocycles. The zero-order valence-electron chi connectivity index (χ0n) is 15.5. The summed E-state index contributed by atoms with van der Waals surface area (Å²) in [5.41, 5.74) is -1.17. The highest BCUT2D eigenvalue weighted by Gasteiger charge is 2.34. The molecule has 1 atom stereocenters. The van der Waals surface area contributed by atoms with Crippen molar-refractivity contribution in [3.05, 3.63) is 69.6 Å². The first-order valence-electron chi connectivity index (χ1n) is 9.13. The normalized spacial score (nSPS) is 18.7.